The summed E-state index contributed by atoms with van der Waals surface area (Å²) in [5.74, 6) is 2.18. The van der Waals surface area contributed by atoms with Gasteiger partial charge in [0.2, 0.25) is 0 Å². The molecule has 19 heavy (non-hydrogen) atoms. The lowest BCUT2D eigenvalue weighted by Gasteiger charge is -2.33. The Morgan fingerprint density at radius 3 is 3.11 bits per heavy atom. The van der Waals surface area contributed by atoms with E-state index in [9.17, 15) is 0 Å². The lowest BCUT2D eigenvalue weighted by Crippen LogP contribution is -2.38. The van der Waals surface area contributed by atoms with E-state index < -0.39 is 0 Å². The van der Waals surface area contributed by atoms with Gasteiger partial charge in [-0.2, -0.15) is 0 Å². The first-order chi connectivity index (χ1) is 9.38. The molecule has 0 aromatic heterocycles. The fraction of sp³-hybridized carbons (Fsp3) is 0.312. The molecular weight excluding hydrogens is 252 g/mol. The predicted molar refractivity (Wildman–Crippen MR) is 83.1 cm³/mol. The summed E-state index contributed by atoms with van der Waals surface area (Å²) in [7, 11) is 0. The Morgan fingerprint density at radius 2 is 2.21 bits per heavy atom. The van der Waals surface area contributed by atoms with Crippen molar-refractivity contribution in [3.05, 3.63) is 48.7 Å². The van der Waals surface area contributed by atoms with Gasteiger partial charge in [-0.15, -0.1) is 11.8 Å². The van der Waals surface area contributed by atoms with Crippen LogP contribution in [0, 0.1) is 0 Å². The second-order valence-corrected chi connectivity index (χ2v) is 5.86. The average Bonchev–Trinajstić information content (AvgIpc) is 2.43. The van der Waals surface area contributed by atoms with Gasteiger partial charge in [0.15, 0.2) is 0 Å². The Morgan fingerprint density at radius 1 is 1.32 bits per heavy atom. The second kappa shape index (κ2) is 5.66. The Bertz CT molecular complexity index is 545. The van der Waals surface area contributed by atoms with Gasteiger partial charge < -0.3 is 4.90 Å². The van der Waals surface area contributed by atoms with E-state index in [0.29, 0.717) is 6.04 Å². The summed E-state index contributed by atoms with van der Waals surface area (Å²) in [6, 6.07) is 8.95. The van der Waals surface area contributed by atoms with Gasteiger partial charge in [0.25, 0.3) is 0 Å². The van der Waals surface area contributed by atoms with E-state index >= 15 is 0 Å². The van der Waals surface area contributed by atoms with Gasteiger partial charge in [0.1, 0.15) is 5.84 Å². The van der Waals surface area contributed by atoms with E-state index in [1.807, 2.05) is 11.8 Å². The summed E-state index contributed by atoms with van der Waals surface area (Å²) in [4.78, 5) is 8.45. The molecule has 2 aliphatic rings. The van der Waals surface area contributed by atoms with E-state index in [-0.39, 0.29) is 0 Å². The van der Waals surface area contributed by atoms with Crippen molar-refractivity contribution in [2.45, 2.75) is 30.7 Å². The van der Waals surface area contributed by atoms with E-state index in [0.717, 1.165) is 17.3 Å². The number of fused-ring (bicyclic) bond motifs is 2. The quantitative estimate of drug-likeness (QED) is 0.792. The van der Waals surface area contributed by atoms with Gasteiger partial charge in [-0.05, 0) is 30.7 Å². The van der Waals surface area contributed by atoms with Crippen LogP contribution in [0.1, 0.15) is 19.8 Å². The third kappa shape index (κ3) is 2.61. The van der Waals surface area contributed by atoms with Crippen LogP contribution in [0.2, 0.25) is 0 Å². The zero-order chi connectivity index (χ0) is 13.1. The number of rotatable bonds is 2. The minimum Gasteiger partial charge on any atom is -0.329 e. The molecule has 1 aromatic rings. The first kappa shape index (κ1) is 12.5. The lowest BCUT2D eigenvalue weighted by molar-refractivity contribution is 0.406. The van der Waals surface area contributed by atoms with Crippen molar-refractivity contribution >= 4 is 23.3 Å². The minimum atomic E-state index is 0.531. The Labute approximate surface area is 118 Å². The van der Waals surface area contributed by atoms with Gasteiger partial charge in [-0.25, -0.2) is 4.99 Å². The summed E-state index contributed by atoms with van der Waals surface area (Å²) in [6.07, 6.45) is 10.8. The van der Waals surface area contributed by atoms with E-state index in [1.54, 1.807) is 0 Å². The molecule has 1 atom stereocenters. The van der Waals surface area contributed by atoms with Crippen LogP contribution in [0.5, 0.6) is 0 Å². The number of thioether (sulfide) groups is 1. The molecule has 0 saturated heterocycles. The highest BCUT2D eigenvalue weighted by molar-refractivity contribution is 7.99. The highest BCUT2D eigenvalue weighted by atomic mass is 32.2. The smallest absolute Gasteiger partial charge is 0.133 e. The summed E-state index contributed by atoms with van der Waals surface area (Å²) in [5, 5.41) is 0. The molecule has 2 aliphatic heterocycles. The van der Waals surface area contributed by atoms with Gasteiger partial charge in [-0.1, -0.05) is 31.6 Å². The van der Waals surface area contributed by atoms with Crippen LogP contribution in [0.25, 0.3) is 0 Å². The number of aliphatic imine (C=N–C) groups is 1. The summed E-state index contributed by atoms with van der Waals surface area (Å²) < 4.78 is 0. The number of benzene rings is 1. The normalized spacial score (nSPS) is 23.9. The number of hydrogen-bond acceptors (Lipinski definition) is 3. The number of allylic oxidation sites excluding steroid dienone is 2. The van der Waals surface area contributed by atoms with Gasteiger partial charge in [0, 0.05) is 22.9 Å². The van der Waals surface area contributed by atoms with Gasteiger partial charge in [0.05, 0.1) is 5.69 Å². The number of para-hydroxylation sites is 1. The summed E-state index contributed by atoms with van der Waals surface area (Å²) in [6.45, 7) is 2.25. The zero-order valence-corrected chi connectivity index (χ0v) is 11.9. The molecule has 1 unspecified atom stereocenters. The van der Waals surface area contributed by atoms with Crippen LogP contribution in [-0.4, -0.2) is 22.5 Å². The predicted octanol–water partition coefficient (Wildman–Crippen LogP) is 4.38. The van der Waals surface area contributed by atoms with Crippen molar-refractivity contribution in [3.63, 3.8) is 0 Å². The highest BCUT2D eigenvalue weighted by Gasteiger charge is 2.22. The van der Waals surface area contributed by atoms with Crippen LogP contribution < -0.4 is 0 Å². The van der Waals surface area contributed by atoms with Crippen molar-refractivity contribution in [2.75, 3.05) is 5.75 Å². The summed E-state index contributed by atoms with van der Waals surface area (Å²) >= 11 is 1.92. The van der Waals surface area contributed by atoms with E-state index in [4.69, 9.17) is 4.99 Å². The molecule has 0 N–H and O–H groups in total. The van der Waals surface area contributed by atoms with Crippen LogP contribution in [0.4, 0.5) is 5.69 Å². The molecule has 0 aliphatic carbocycles. The third-order valence-electron chi connectivity index (χ3n) is 3.41. The standard InChI is InChI=1S/C16H18N2S/c1-2-7-13-12-19-15-9-4-3-8-14(15)17-16-10-5-6-11-18(13)16/h3-6,8-11,13H,2,7,12H2,1H3/b17-16-. The topological polar surface area (TPSA) is 15.6 Å². The minimum absolute atomic E-state index is 0.531. The molecule has 0 saturated carbocycles. The first-order valence-corrected chi connectivity index (χ1v) is 7.81. The largest absolute Gasteiger partial charge is 0.329 e. The van der Waals surface area contributed by atoms with Gasteiger partial charge >= 0.3 is 0 Å². The monoisotopic (exact) mass is 270 g/mol. The van der Waals surface area contributed by atoms with E-state index in [2.05, 4.69) is 60.5 Å². The van der Waals surface area contributed by atoms with E-state index in [1.165, 1.54) is 17.7 Å². The van der Waals surface area contributed by atoms with Crippen LogP contribution in [0.3, 0.4) is 0 Å². The molecular formula is C16H18N2S. The molecule has 2 nitrogen and oxygen atoms in total. The van der Waals surface area contributed by atoms with Crippen molar-refractivity contribution in [1.29, 1.82) is 0 Å². The Kier molecular flexibility index (Phi) is 3.74. The number of nitrogens with zero attached hydrogens (tertiary/aromatic N) is 2. The lowest BCUT2D eigenvalue weighted by atomic mass is 10.1. The molecule has 98 valence electrons. The molecule has 0 fully saturated rings. The van der Waals surface area contributed by atoms with Crippen molar-refractivity contribution < 1.29 is 0 Å². The molecule has 0 spiro atoms. The van der Waals surface area contributed by atoms with Crippen molar-refractivity contribution in [3.8, 4) is 0 Å². The maximum absolute atomic E-state index is 4.84. The molecule has 3 rings (SSSR count). The molecule has 0 radical (unpaired) electrons. The maximum atomic E-state index is 4.84. The highest BCUT2D eigenvalue weighted by Crippen LogP contribution is 2.34. The molecule has 2 heterocycles. The number of hydrogen-bond donors (Lipinski definition) is 0. The van der Waals surface area contributed by atoms with Crippen molar-refractivity contribution in [1.82, 2.24) is 4.90 Å². The van der Waals surface area contributed by atoms with Crippen molar-refractivity contribution in [2.24, 2.45) is 4.99 Å². The molecule has 0 amide bonds. The third-order valence-corrected chi connectivity index (χ3v) is 4.62. The molecule has 3 heteroatoms. The fourth-order valence-electron chi connectivity index (χ4n) is 2.47. The van der Waals surface area contributed by atoms with Gasteiger partial charge in [-0.3, -0.25) is 0 Å². The average molecular weight is 270 g/mol. The fourth-order valence-corrected chi connectivity index (χ4v) is 3.60. The summed E-state index contributed by atoms with van der Waals surface area (Å²) in [5.41, 5.74) is 1.09. The van der Waals surface area contributed by atoms with Crippen LogP contribution >= 0.6 is 11.8 Å². The second-order valence-electron chi connectivity index (χ2n) is 4.80. The molecule has 0 bridgehead atoms. The SMILES string of the molecule is CCCC1CSc2ccccc2/N=C2/C=CC=CN21. The van der Waals surface area contributed by atoms with Crippen LogP contribution in [0.15, 0.2) is 58.6 Å². The Balaban J connectivity index is 2.02. The zero-order valence-electron chi connectivity index (χ0n) is 11.1. The van der Waals surface area contributed by atoms with Crippen LogP contribution in [-0.2, 0) is 0 Å². The first-order valence-electron chi connectivity index (χ1n) is 6.82. The Hall–Kier alpha value is -1.48. The maximum Gasteiger partial charge on any atom is 0.133 e. The molecule has 1 aromatic carbocycles. The number of amidine groups is 1.